The molecule has 0 fully saturated rings. The van der Waals surface area contributed by atoms with Crippen molar-refractivity contribution in [1.29, 1.82) is 0 Å². The van der Waals surface area contributed by atoms with Gasteiger partial charge in [0.2, 0.25) is 0 Å². The smallest absolute Gasteiger partial charge is 0.147 e. The molecule has 0 saturated heterocycles. The summed E-state index contributed by atoms with van der Waals surface area (Å²) in [6.07, 6.45) is 0. The second-order valence-corrected chi connectivity index (χ2v) is 5.17. The van der Waals surface area contributed by atoms with Gasteiger partial charge in [0.25, 0.3) is 0 Å². The van der Waals surface area contributed by atoms with Crippen LogP contribution in [0.3, 0.4) is 0 Å². The summed E-state index contributed by atoms with van der Waals surface area (Å²) in [5, 5.41) is 0.491. The van der Waals surface area contributed by atoms with Gasteiger partial charge in [0.15, 0.2) is 0 Å². The second kappa shape index (κ2) is 5.23. The third kappa shape index (κ3) is 3.40. The fraction of sp³-hybridized carbons (Fsp3) is 0.600. The minimum atomic E-state index is 0.334. The van der Waals surface area contributed by atoms with Crippen LogP contribution in [0.15, 0.2) is 4.47 Å². The standard InChI is InChI=1S/C10H15BrClN3/c1-6(2)9-8(11)10(12)14-7(13-9)5-15(3)4/h6H,5H2,1-4H3. The van der Waals surface area contributed by atoms with E-state index in [0.717, 1.165) is 16.0 Å². The Morgan fingerprint density at radius 1 is 1.33 bits per heavy atom. The van der Waals surface area contributed by atoms with E-state index in [-0.39, 0.29) is 0 Å². The van der Waals surface area contributed by atoms with Gasteiger partial charge in [-0.05, 0) is 35.9 Å². The normalized spacial score (nSPS) is 11.5. The molecule has 0 aromatic carbocycles. The molecule has 1 heterocycles. The van der Waals surface area contributed by atoms with Gasteiger partial charge < -0.3 is 4.90 Å². The van der Waals surface area contributed by atoms with Crippen LogP contribution in [0.25, 0.3) is 0 Å². The summed E-state index contributed by atoms with van der Waals surface area (Å²) in [6.45, 7) is 4.87. The third-order valence-electron chi connectivity index (χ3n) is 1.89. The fourth-order valence-electron chi connectivity index (χ4n) is 1.22. The first kappa shape index (κ1) is 12.9. The van der Waals surface area contributed by atoms with Crippen LogP contribution in [-0.2, 0) is 6.54 Å². The lowest BCUT2D eigenvalue weighted by Gasteiger charge is -2.13. The minimum absolute atomic E-state index is 0.334. The van der Waals surface area contributed by atoms with Gasteiger partial charge in [0, 0.05) is 0 Å². The van der Waals surface area contributed by atoms with E-state index in [0.29, 0.717) is 17.6 Å². The second-order valence-electron chi connectivity index (χ2n) is 4.02. The molecule has 0 aliphatic carbocycles. The van der Waals surface area contributed by atoms with Crippen LogP contribution < -0.4 is 0 Å². The van der Waals surface area contributed by atoms with Crippen LogP contribution >= 0.6 is 27.5 Å². The van der Waals surface area contributed by atoms with E-state index in [1.165, 1.54) is 0 Å². The first-order valence-corrected chi connectivity index (χ1v) is 5.95. The van der Waals surface area contributed by atoms with Crippen molar-refractivity contribution in [3.63, 3.8) is 0 Å². The van der Waals surface area contributed by atoms with Crippen LogP contribution in [0.2, 0.25) is 5.15 Å². The van der Waals surface area contributed by atoms with Crippen molar-refractivity contribution in [2.45, 2.75) is 26.3 Å². The molecule has 1 aromatic rings. The maximum Gasteiger partial charge on any atom is 0.147 e. The highest BCUT2D eigenvalue weighted by Gasteiger charge is 2.13. The molecular formula is C10H15BrClN3. The zero-order valence-electron chi connectivity index (χ0n) is 9.38. The van der Waals surface area contributed by atoms with Crippen LogP contribution in [0, 0.1) is 0 Å². The Balaban J connectivity index is 3.11. The summed E-state index contributed by atoms with van der Waals surface area (Å²) in [5.74, 6) is 1.10. The summed E-state index contributed by atoms with van der Waals surface area (Å²) in [7, 11) is 3.96. The molecule has 0 radical (unpaired) electrons. The number of hydrogen-bond acceptors (Lipinski definition) is 3. The lowest BCUT2D eigenvalue weighted by molar-refractivity contribution is 0.389. The van der Waals surface area contributed by atoms with Crippen molar-refractivity contribution in [1.82, 2.24) is 14.9 Å². The first-order valence-electron chi connectivity index (χ1n) is 4.78. The highest BCUT2D eigenvalue weighted by Crippen LogP contribution is 2.28. The maximum atomic E-state index is 6.03. The SMILES string of the molecule is CC(C)c1nc(CN(C)C)nc(Cl)c1Br. The number of halogens is 2. The van der Waals surface area contributed by atoms with E-state index < -0.39 is 0 Å². The van der Waals surface area contributed by atoms with E-state index in [2.05, 4.69) is 39.7 Å². The average molecular weight is 293 g/mol. The van der Waals surface area contributed by atoms with E-state index in [4.69, 9.17) is 11.6 Å². The number of hydrogen-bond donors (Lipinski definition) is 0. The van der Waals surface area contributed by atoms with Crippen LogP contribution in [0.1, 0.15) is 31.3 Å². The molecule has 0 aliphatic heterocycles. The average Bonchev–Trinajstić information content (AvgIpc) is 2.09. The van der Waals surface area contributed by atoms with Crippen molar-refractivity contribution >= 4 is 27.5 Å². The quantitative estimate of drug-likeness (QED) is 0.802. The van der Waals surface area contributed by atoms with Crippen LogP contribution in [0.4, 0.5) is 0 Å². The van der Waals surface area contributed by atoms with Gasteiger partial charge in [-0.3, -0.25) is 0 Å². The summed E-state index contributed by atoms with van der Waals surface area (Å²) in [4.78, 5) is 10.7. The van der Waals surface area contributed by atoms with E-state index in [1.54, 1.807) is 0 Å². The van der Waals surface area contributed by atoms with Crippen molar-refractivity contribution in [2.75, 3.05) is 14.1 Å². The molecule has 1 aromatic heterocycles. The summed E-state index contributed by atoms with van der Waals surface area (Å²) < 4.78 is 0.807. The van der Waals surface area contributed by atoms with Crippen molar-refractivity contribution in [2.24, 2.45) is 0 Å². The molecule has 0 saturated carbocycles. The number of nitrogens with zero attached hydrogens (tertiary/aromatic N) is 3. The highest BCUT2D eigenvalue weighted by molar-refractivity contribution is 9.10. The maximum absolute atomic E-state index is 6.03. The molecule has 84 valence electrons. The molecule has 0 atom stereocenters. The Labute approximate surface area is 104 Å². The van der Waals surface area contributed by atoms with Gasteiger partial charge in [0.05, 0.1) is 16.7 Å². The predicted octanol–water partition coefficient (Wildman–Crippen LogP) is 3.08. The summed E-state index contributed by atoms with van der Waals surface area (Å²) in [6, 6.07) is 0. The molecular weight excluding hydrogens is 277 g/mol. The Bertz CT molecular complexity index is 353. The predicted molar refractivity (Wildman–Crippen MR) is 66.2 cm³/mol. The van der Waals surface area contributed by atoms with Crippen molar-refractivity contribution in [3.05, 3.63) is 21.1 Å². The third-order valence-corrected chi connectivity index (χ3v) is 3.17. The van der Waals surface area contributed by atoms with Gasteiger partial charge >= 0.3 is 0 Å². The molecule has 0 spiro atoms. The summed E-state index contributed by atoms with van der Waals surface area (Å²) in [5.41, 5.74) is 0.965. The van der Waals surface area contributed by atoms with E-state index in [9.17, 15) is 0 Å². The molecule has 0 amide bonds. The largest absolute Gasteiger partial charge is 0.302 e. The minimum Gasteiger partial charge on any atom is -0.302 e. The molecule has 5 heteroatoms. The summed E-state index contributed by atoms with van der Waals surface area (Å²) >= 11 is 9.44. The van der Waals surface area contributed by atoms with Gasteiger partial charge in [-0.25, -0.2) is 9.97 Å². The Kier molecular flexibility index (Phi) is 4.49. The van der Waals surface area contributed by atoms with Crippen LogP contribution in [-0.4, -0.2) is 29.0 Å². The molecule has 15 heavy (non-hydrogen) atoms. The number of aromatic nitrogens is 2. The Morgan fingerprint density at radius 3 is 2.40 bits per heavy atom. The molecule has 1 rings (SSSR count). The lowest BCUT2D eigenvalue weighted by Crippen LogP contribution is -2.15. The number of rotatable bonds is 3. The lowest BCUT2D eigenvalue weighted by atomic mass is 10.1. The highest BCUT2D eigenvalue weighted by atomic mass is 79.9. The Hall–Kier alpha value is -0.190. The molecule has 0 N–H and O–H groups in total. The monoisotopic (exact) mass is 291 g/mol. The van der Waals surface area contributed by atoms with Gasteiger partial charge in [-0.2, -0.15) is 0 Å². The Morgan fingerprint density at radius 2 is 1.93 bits per heavy atom. The topological polar surface area (TPSA) is 29.0 Å². The van der Waals surface area contributed by atoms with Crippen molar-refractivity contribution < 1.29 is 0 Å². The van der Waals surface area contributed by atoms with Gasteiger partial charge in [0.1, 0.15) is 11.0 Å². The van der Waals surface area contributed by atoms with Crippen molar-refractivity contribution in [3.8, 4) is 0 Å². The molecule has 0 unspecified atom stereocenters. The zero-order valence-corrected chi connectivity index (χ0v) is 11.7. The zero-order chi connectivity index (χ0) is 11.6. The molecule has 0 bridgehead atoms. The van der Waals surface area contributed by atoms with Crippen LogP contribution in [0.5, 0.6) is 0 Å². The first-order chi connectivity index (χ1) is 6.91. The molecule has 3 nitrogen and oxygen atoms in total. The van der Waals surface area contributed by atoms with E-state index in [1.807, 2.05) is 19.0 Å². The van der Waals surface area contributed by atoms with E-state index >= 15 is 0 Å². The fourth-order valence-corrected chi connectivity index (χ4v) is 2.05. The van der Waals surface area contributed by atoms with Gasteiger partial charge in [-0.15, -0.1) is 0 Å². The van der Waals surface area contributed by atoms with Gasteiger partial charge in [-0.1, -0.05) is 25.4 Å². The molecule has 0 aliphatic rings.